The first kappa shape index (κ1) is 12.4. The molecule has 1 aliphatic carbocycles. The number of carboxylic acids is 1. The number of carboxylic acid groups (broad SMARTS) is 1. The molecule has 1 aliphatic heterocycles. The summed E-state index contributed by atoms with van der Waals surface area (Å²) in [5.74, 6) is -0.719. The van der Waals surface area contributed by atoms with Crippen LogP contribution < -0.4 is 0 Å². The molecule has 3 nitrogen and oxygen atoms in total. The van der Waals surface area contributed by atoms with Gasteiger partial charge in [-0.3, -0.25) is 4.79 Å². The molecule has 19 heavy (non-hydrogen) atoms. The first-order valence-electron chi connectivity index (χ1n) is 6.72. The molecule has 4 atom stereocenters. The molecule has 0 aromatic heterocycles. The number of benzene rings is 1. The highest BCUT2D eigenvalue weighted by Gasteiger charge is 2.58. The summed E-state index contributed by atoms with van der Waals surface area (Å²) in [6, 6.07) is 9.94. The minimum absolute atomic E-state index is 0.00736. The lowest BCUT2D eigenvalue weighted by Crippen LogP contribution is -2.42. The molecule has 2 aliphatic rings. The zero-order valence-electron chi connectivity index (χ0n) is 10.8. The van der Waals surface area contributed by atoms with E-state index in [9.17, 15) is 9.90 Å². The van der Waals surface area contributed by atoms with Crippen molar-refractivity contribution in [3.05, 3.63) is 48.6 Å². The average molecular weight is 258 g/mol. The molecule has 3 heteroatoms. The van der Waals surface area contributed by atoms with Crippen LogP contribution in [0.4, 0.5) is 0 Å². The minimum Gasteiger partial charge on any atom is -0.481 e. The number of allylic oxidation sites excluding steroid dienone is 1. The van der Waals surface area contributed by atoms with E-state index in [1.54, 1.807) is 6.08 Å². The van der Waals surface area contributed by atoms with Crippen molar-refractivity contribution in [2.75, 3.05) is 0 Å². The number of aliphatic carboxylic acids is 1. The van der Waals surface area contributed by atoms with E-state index in [4.69, 9.17) is 4.74 Å². The number of rotatable bonds is 4. The lowest BCUT2D eigenvalue weighted by molar-refractivity contribution is -0.151. The maximum absolute atomic E-state index is 11.9. The van der Waals surface area contributed by atoms with Gasteiger partial charge in [-0.15, -0.1) is 6.58 Å². The summed E-state index contributed by atoms with van der Waals surface area (Å²) >= 11 is 0. The molecule has 1 heterocycles. The van der Waals surface area contributed by atoms with Crippen molar-refractivity contribution in [2.45, 2.75) is 37.4 Å². The Kier molecular flexibility index (Phi) is 2.94. The van der Waals surface area contributed by atoms with Gasteiger partial charge in [-0.2, -0.15) is 0 Å². The van der Waals surface area contributed by atoms with E-state index in [-0.39, 0.29) is 18.1 Å². The smallest absolute Gasteiger partial charge is 0.310 e. The minimum atomic E-state index is -0.763. The van der Waals surface area contributed by atoms with Gasteiger partial charge in [-0.1, -0.05) is 36.4 Å². The number of ether oxygens (including phenoxy) is 1. The maximum atomic E-state index is 11.9. The molecule has 3 rings (SSSR count). The molecule has 0 amide bonds. The van der Waals surface area contributed by atoms with E-state index in [2.05, 4.69) is 6.58 Å². The number of hydrogen-bond acceptors (Lipinski definition) is 2. The van der Waals surface area contributed by atoms with Gasteiger partial charge in [0.15, 0.2) is 0 Å². The molecule has 1 aromatic rings. The Morgan fingerprint density at radius 1 is 1.42 bits per heavy atom. The van der Waals surface area contributed by atoms with Crippen LogP contribution in [0.5, 0.6) is 0 Å². The summed E-state index contributed by atoms with van der Waals surface area (Å²) in [7, 11) is 0. The topological polar surface area (TPSA) is 49.8 Å². The molecule has 100 valence electrons. The summed E-state index contributed by atoms with van der Waals surface area (Å²) in [5.41, 5.74) is 0.335. The van der Waals surface area contributed by atoms with E-state index < -0.39 is 11.4 Å². The Morgan fingerprint density at radius 2 is 2.16 bits per heavy atom. The average Bonchev–Trinajstić information content (AvgIpc) is 3.16. The highest BCUT2D eigenvalue weighted by atomic mass is 16.6. The molecule has 0 radical (unpaired) electrons. The van der Waals surface area contributed by atoms with Crippen LogP contribution in [0.3, 0.4) is 0 Å². The fraction of sp³-hybridized carbons (Fsp3) is 0.438. The molecule has 2 fully saturated rings. The van der Waals surface area contributed by atoms with Gasteiger partial charge in [-0.05, 0) is 24.8 Å². The van der Waals surface area contributed by atoms with Crippen LogP contribution in [-0.4, -0.2) is 23.3 Å². The van der Waals surface area contributed by atoms with Crippen LogP contribution in [-0.2, 0) is 9.53 Å². The number of hydrogen-bond donors (Lipinski definition) is 1. The highest BCUT2D eigenvalue weighted by Crippen LogP contribution is 2.56. The van der Waals surface area contributed by atoms with Crippen molar-refractivity contribution < 1.29 is 14.6 Å². The van der Waals surface area contributed by atoms with Crippen molar-refractivity contribution in [1.82, 2.24) is 0 Å². The van der Waals surface area contributed by atoms with Gasteiger partial charge < -0.3 is 9.84 Å². The summed E-state index contributed by atoms with van der Waals surface area (Å²) in [4.78, 5) is 11.9. The Bertz CT molecular complexity index is 496. The molecular formula is C16H18O3. The Labute approximate surface area is 112 Å². The number of epoxide rings is 1. The molecular weight excluding hydrogens is 240 g/mol. The van der Waals surface area contributed by atoms with Crippen molar-refractivity contribution >= 4 is 5.97 Å². The first-order chi connectivity index (χ1) is 9.17. The molecule has 0 spiro atoms. The second-order valence-corrected chi connectivity index (χ2v) is 5.57. The summed E-state index contributed by atoms with van der Waals surface area (Å²) < 4.78 is 5.58. The molecule has 1 aromatic carbocycles. The lowest BCUT2D eigenvalue weighted by Gasteiger charge is -2.39. The fourth-order valence-electron chi connectivity index (χ4n) is 3.47. The molecule has 1 N–H and O–H groups in total. The van der Waals surface area contributed by atoms with Gasteiger partial charge >= 0.3 is 5.97 Å². The SMILES string of the molecule is C=CCC1(C(=O)O)CC2OC2CC1c1ccccc1. The molecule has 0 bridgehead atoms. The standard InChI is InChI=1S/C16H18O3/c1-2-8-16(15(17)18)10-14-13(19-14)9-12(16)11-6-4-3-5-7-11/h2-7,12-14H,1,8-10H2,(H,17,18). The quantitative estimate of drug-likeness (QED) is 0.667. The molecule has 1 saturated heterocycles. The monoisotopic (exact) mass is 258 g/mol. The molecule has 4 unspecified atom stereocenters. The largest absolute Gasteiger partial charge is 0.481 e. The van der Waals surface area contributed by atoms with Crippen LogP contribution >= 0.6 is 0 Å². The molecule has 1 saturated carbocycles. The summed E-state index contributed by atoms with van der Waals surface area (Å²) in [6.45, 7) is 3.74. The zero-order valence-corrected chi connectivity index (χ0v) is 10.8. The highest BCUT2D eigenvalue weighted by molar-refractivity contribution is 5.77. The predicted molar refractivity (Wildman–Crippen MR) is 72.0 cm³/mol. The van der Waals surface area contributed by atoms with Crippen molar-refractivity contribution in [3.8, 4) is 0 Å². The third-order valence-electron chi connectivity index (χ3n) is 4.52. The van der Waals surface area contributed by atoms with E-state index in [0.717, 1.165) is 12.0 Å². The summed E-state index contributed by atoms with van der Waals surface area (Å²) in [5, 5.41) is 9.78. The van der Waals surface area contributed by atoms with Crippen molar-refractivity contribution in [2.24, 2.45) is 5.41 Å². The van der Waals surface area contributed by atoms with Crippen molar-refractivity contribution in [1.29, 1.82) is 0 Å². The van der Waals surface area contributed by atoms with Gasteiger partial charge in [0.2, 0.25) is 0 Å². The van der Waals surface area contributed by atoms with E-state index in [1.165, 1.54) is 0 Å². The van der Waals surface area contributed by atoms with Gasteiger partial charge in [-0.25, -0.2) is 0 Å². The fourth-order valence-corrected chi connectivity index (χ4v) is 3.47. The van der Waals surface area contributed by atoms with Gasteiger partial charge in [0, 0.05) is 5.92 Å². The Balaban J connectivity index is 2.02. The van der Waals surface area contributed by atoms with E-state index in [0.29, 0.717) is 12.8 Å². The van der Waals surface area contributed by atoms with Gasteiger partial charge in [0.05, 0.1) is 17.6 Å². The van der Waals surface area contributed by atoms with E-state index in [1.807, 2.05) is 30.3 Å². The van der Waals surface area contributed by atoms with Crippen LogP contribution in [0.15, 0.2) is 43.0 Å². The first-order valence-corrected chi connectivity index (χ1v) is 6.72. The van der Waals surface area contributed by atoms with Crippen LogP contribution in [0.1, 0.15) is 30.7 Å². The maximum Gasteiger partial charge on any atom is 0.310 e. The second kappa shape index (κ2) is 4.49. The predicted octanol–water partition coefficient (Wildman–Crippen LogP) is 2.98. The normalized spacial score (nSPS) is 36.3. The third-order valence-corrected chi connectivity index (χ3v) is 4.52. The Morgan fingerprint density at radius 3 is 2.79 bits per heavy atom. The third kappa shape index (κ3) is 1.98. The van der Waals surface area contributed by atoms with Crippen molar-refractivity contribution in [3.63, 3.8) is 0 Å². The van der Waals surface area contributed by atoms with Gasteiger partial charge in [0.25, 0.3) is 0 Å². The van der Waals surface area contributed by atoms with Gasteiger partial charge in [0.1, 0.15) is 0 Å². The van der Waals surface area contributed by atoms with Crippen LogP contribution in [0.25, 0.3) is 0 Å². The van der Waals surface area contributed by atoms with E-state index >= 15 is 0 Å². The van der Waals surface area contributed by atoms with Crippen LogP contribution in [0, 0.1) is 5.41 Å². The van der Waals surface area contributed by atoms with Crippen LogP contribution in [0.2, 0.25) is 0 Å². The lowest BCUT2D eigenvalue weighted by atomic mass is 9.62. The second-order valence-electron chi connectivity index (χ2n) is 5.57. The number of fused-ring (bicyclic) bond motifs is 1. The number of carbonyl (C=O) groups is 1. The Hall–Kier alpha value is -1.61. The zero-order chi connectivity index (χ0) is 13.5. The summed E-state index contributed by atoms with van der Waals surface area (Å²) in [6.07, 6.45) is 4.01.